The third-order valence-corrected chi connectivity index (χ3v) is 12.1. The summed E-state index contributed by atoms with van der Waals surface area (Å²) < 4.78 is 16.8. The summed E-state index contributed by atoms with van der Waals surface area (Å²) in [4.78, 5) is 38.3. The van der Waals surface area contributed by atoms with Gasteiger partial charge in [-0.05, 0) is 89.9 Å². The predicted octanol–water partition coefficient (Wildman–Crippen LogP) is 20.1. The minimum absolute atomic E-state index is 0.114. The molecule has 0 rings (SSSR count). The maximum Gasteiger partial charge on any atom is 0.306 e. The van der Waals surface area contributed by atoms with E-state index in [0.717, 1.165) is 96.3 Å². The fourth-order valence-electron chi connectivity index (χ4n) is 7.60. The molecule has 6 nitrogen and oxygen atoms in total. The van der Waals surface area contributed by atoms with Crippen LogP contribution in [0.1, 0.15) is 233 Å². The second kappa shape index (κ2) is 60.6. The van der Waals surface area contributed by atoms with Crippen LogP contribution in [0.25, 0.3) is 0 Å². The number of esters is 3. The molecule has 0 aliphatic heterocycles. The molecule has 0 bridgehead atoms. The molecule has 0 saturated heterocycles. The maximum absolute atomic E-state index is 12.9. The molecule has 414 valence electrons. The lowest BCUT2D eigenvalue weighted by Crippen LogP contribution is -2.30. The molecule has 0 spiro atoms. The van der Waals surface area contributed by atoms with Crippen LogP contribution in [0.15, 0.2) is 158 Å². The molecule has 0 heterocycles. The lowest BCUT2D eigenvalue weighted by atomic mass is 10.1. The number of ether oxygens (including phenoxy) is 3. The number of carbonyl (C=O) groups is 3. The summed E-state index contributed by atoms with van der Waals surface area (Å²) in [7, 11) is 0. The van der Waals surface area contributed by atoms with Crippen molar-refractivity contribution in [2.24, 2.45) is 0 Å². The van der Waals surface area contributed by atoms with Gasteiger partial charge in [-0.25, -0.2) is 0 Å². The molecule has 0 N–H and O–H groups in total. The summed E-state index contributed by atoms with van der Waals surface area (Å²) in [5.41, 5.74) is 0. The van der Waals surface area contributed by atoms with Crippen LogP contribution in [0, 0.1) is 0 Å². The van der Waals surface area contributed by atoms with Crippen LogP contribution in [-0.2, 0) is 28.6 Å². The average Bonchev–Trinajstić information content (AvgIpc) is 3.40. The minimum atomic E-state index is -0.819. The SMILES string of the molecule is CC\C=C/C=C\C=C/C=C\C=C\C=C/C=C\CCCCCC(=O)OCC(COC(=O)CCCCCCC\C=C/C=C\C=C/C=C\CCCCC)OC(=O)CCCCCCCCCCCC/C=C\C=C/CCCCC. The molecule has 74 heavy (non-hydrogen) atoms. The predicted molar refractivity (Wildman–Crippen MR) is 320 cm³/mol. The first-order chi connectivity index (χ1) is 36.5. The highest BCUT2D eigenvalue weighted by Crippen LogP contribution is 2.14. The third-order valence-electron chi connectivity index (χ3n) is 12.1. The number of carbonyl (C=O) groups excluding carboxylic acids is 3. The van der Waals surface area contributed by atoms with Crippen molar-refractivity contribution < 1.29 is 28.6 Å². The van der Waals surface area contributed by atoms with Crippen molar-refractivity contribution in [1.82, 2.24) is 0 Å². The van der Waals surface area contributed by atoms with Gasteiger partial charge in [0, 0.05) is 19.3 Å². The topological polar surface area (TPSA) is 78.9 Å². The van der Waals surface area contributed by atoms with E-state index < -0.39 is 6.10 Å². The second-order valence-corrected chi connectivity index (χ2v) is 19.1. The van der Waals surface area contributed by atoms with Gasteiger partial charge in [-0.2, -0.15) is 0 Å². The van der Waals surface area contributed by atoms with E-state index in [9.17, 15) is 14.4 Å². The molecular formula is C68H106O6. The van der Waals surface area contributed by atoms with Crippen molar-refractivity contribution in [3.63, 3.8) is 0 Å². The van der Waals surface area contributed by atoms with Gasteiger partial charge < -0.3 is 14.2 Å². The molecule has 1 unspecified atom stereocenters. The third kappa shape index (κ3) is 57.9. The largest absolute Gasteiger partial charge is 0.462 e. The molecule has 0 fully saturated rings. The molecule has 0 radical (unpaired) electrons. The Hall–Kier alpha value is -4.97. The Bertz CT molecular complexity index is 1690. The Morgan fingerprint density at radius 1 is 0.284 bits per heavy atom. The molecule has 0 saturated carbocycles. The van der Waals surface area contributed by atoms with Gasteiger partial charge in [0.15, 0.2) is 6.10 Å². The zero-order chi connectivity index (χ0) is 53.6. The van der Waals surface area contributed by atoms with Gasteiger partial charge in [-0.3, -0.25) is 14.4 Å². The molecule has 0 amide bonds. The summed E-state index contributed by atoms with van der Waals surface area (Å²) in [5, 5.41) is 0. The number of allylic oxidation sites excluding steroid dienone is 26. The monoisotopic (exact) mass is 1020 g/mol. The lowest BCUT2D eigenvalue weighted by molar-refractivity contribution is -0.167. The van der Waals surface area contributed by atoms with Crippen LogP contribution < -0.4 is 0 Å². The molecule has 0 aliphatic rings. The lowest BCUT2D eigenvalue weighted by Gasteiger charge is -2.18. The van der Waals surface area contributed by atoms with Crippen LogP contribution in [0.2, 0.25) is 0 Å². The Morgan fingerprint density at radius 3 is 0.851 bits per heavy atom. The molecule has 0 aliphatic carbocycles. The molecule has 1 atom stereocenters. The smallest absolute Gasteiger partial charge is 0.306 e. The van der Waals surface area contributed by atoms with Crippen molar-refractivity contribution >= 4 is 17.9 Å². The van der Waals surface area contributed by atoms with Crippen molar-refractivity contribution in [1.29, 1.82) is 0 Å². The van der Waals surface area contributed by atoms with Gasteiger partial charge in [0.1, 0.15) is 13.2 Å². The highest BCUT2D eigenvalue weighted by atomic mass is 16.6. The molecule has 0 aromatic rings. The molecule has 0 aromatic carbocycles. The quantitative estimate of drug-likeness (QED) is 0.0261. The molecular weight excluding hydrogens is 913 g/mol. The van der Waals surface area contributed by atoms with E-state index in [0.29, 0.717) is 19.3 Å². The van der Waals surface area contributed by atoms with Crippen LogP contribution in [0.3, 0.4) is 0 Å². The van der Waals surface area contributed by atoms with Crippen LogP contribution in [0.4, 0.5) is 0 Å². The van der Waals surface area contributed by atoms with E-state index in [1.54, 1.807) is 0 Å². The van der Waals surface area contributed by atoms with E-state index in [-0.39, 0.29) is 31.1 Å². The van der Waals surface area contributed by atoms with Crippen molar-refractivity contribution in [2.75, 3.05) is 13.2 Å². The van der Waals surface area contributed by atoms with Gasteiger partial charge in [0.2, 0.25) is 0 Å². The van der Waals surface area contributed by atoms with Gasteiger partial charge >= 0.3 is 17.9 Å². The van der Waals surface area contributed by atoms with E-state index in [1.807, 2.05) is 72.9 Å². The van der Waals surface area contributed by atoms with E-state index >= 15 is 0 Å². The van der Waals surface area contributed by atoms with Gasteiger partial charge in [0.05, 0.1) is 0 Å². The van der Waals surface area contributed by atoms with Crippen LogP contribution in [0.5, 0.6) is 0 Å². The Labute approximate surface area is 454 Å². The molecule has 6 heteroatoms. The van der Waals surface area contributed by atoms with Gasteiger partial charge in [-0.1, -0.05) is 281 Å². The van der Waals surface area contributed by atoms with Crippen molar-refractivity contribution in [3.8, 4) is 0 Å². The fraction of sp³-hybridized carbons (Fsp3) is 0.574. The number of hydrogen-bond acceptors (Lipinski definition) is 6. The van der Waals surface area contributed by atoms with Gasteiger partial charge in [-0.15, -0.1) is 0 Å². The highest BCUT2D eigenvalue weighted by Gasteiger charge is 2.19. The number of hydrogen-bond donors (Lipinski definition) is 0. The van der Waals surface area contributed by atoms with Crippen LogP contribution in [-0.4, -0.2) is 37.2 Å². The zero-order valence-corrected chi connectivity index (χ0v) is 47.3. The first-order valence-corrected chi connectivity index (χ1v) is 29.7. The summed E-state index contributed by atoms with van der Waals surface area (Å²) in [6.45, 7) is 6.36. The highest BCUT2D eigenvalue weighted by molar-refractivity contribution is 5.71. The number of unbranched alkanes of at least 4 members (excludes halogenated alkanes) is 24. The summed E-state index contributed by atoms with van der Waals surface area (Å²) >= 11 is 0. The van der Waals surface area contributed by atoms with Crippen molar-refractivity contribution in [2.45, 2.75) is 239 Å². The Morgan fingerprint density at radius 2 is 0.527 bits per heavy atom. The van der Waals surface area contributed by atoms with E-state index in [2.05, 4.69) is 106 Å². The second-order valence-electron chi connectivity index (χ2n) is 19.1. The standard InChI is InChI=1S/C68H106O6/c1-4-7-10-13-16-19-22-25-28-31-34-37-40-43-46-49-52-55-58-61-67(70)73-64-65(63-72-66(69)60-57-54-51-48-45-42-39-36-33-30-27-24-21-18-15-12-9-6-3)74-68(71)62-59-56-53-50-47-44-41-38-35-32-29-26-23-20-17-14-11-8-5-2/h7,10,13,16-28,30-31,33-34,36-37,39-40,43,46,65H,4-6,8-9,11-12,14-15,29,32,35,38,41-42,44-45,47-64H2,1-3H3/b10-7-,16-13-,20-17-,21-18-,22-19-,26-23-,27-24-,28-25-,33-30-,34-31+,39-36-,40-37-,46-43-. The van der Waals surface area contributed by atoms with Crippen LogP contribution >= 0.6 is 0 Å². The fourth-order valence-corrected chi connectivity index (χ4v) is 7.60. The maximum atomic E-state index is 12.9. The first kappa shape index (κ1) is 69.0. The Balaban J connectivity index is 4.58. The van der Waals surface area contributed by atoms with Crippen molar-refractivity contribution in [3.05, 3.63) is 158 Å². The average molecular weight is 1020 g/mol. The van der Waals surface area contributed by atoms with Gasteiger partial charge in [0.25, 0.3) is 0 Å². The normalized spacial score (nSPS) is 13.3. The zero-order valence-electron chi connectivity index (χ0n) is 47.3. The number of rotatable bonds is 51. The minimum Gasteiger partial charge on any atom is -0.462 e. The summed E-state index contributed by atoms with van der Waals surface area (Å²) in [6, 6.07) is 0. The first-order valence-electron chi connectivity index (χ1n) is 29.7. The Kier molecular flexibility index (Phi) is 56.5. The summed E-state index contributed by atoms with van der Waals surface area (Å²) in [6.07, 6.45) is 87.9. The van der Waals surface area contributed by atoms with E-state index in [1.165, 1.54) is 96.3 Å². The molecule has 0 aromatic heterocycles. The van der Waals surface area contributed by atoms with E-state index in [4.69, 9.17) is 14.2 Å². The summed E-state index contributed by atoms with van der Waals surface area (Å²) in [5.74, 6) is -0.989.